The molecule has 1 fully saturated rings. The van der Waals surface area contributed by atoms with Crippen LogP contribution in [0.25, 0.3) is 0 Å². The number of piperidine rings is 1. The molecule has 154 valence electrons. The van der Waals surface area contributed by atoms with E-state index in [9.17, 15) is 4.39 Å². The fraction of sp³-hybridized carbons (Fsp3) is 0.650. The molecule has 1 aromatic carbocycles. The Labute approximate surface area is 180 Å². The van der Waals surface area contributed by atoms with E-state index in [4.69, 9.17) is 4.74 Å². The number of benzene rings is 1. The largest absolute Gasteiger partial charge is 0.489 e. The van der Waals surface area contributed by atoms with Crippen LogP contribution in [0.4, 0.5) is 4.39 Å². The third-order valence-corrected chi connectivity index (χ3v) is 4.74. The summed E-state index contributed by atoms with van der Waals surface area (Å²) in [6.07, 6.45) is 3.68. The second kappa shape index (κ2) is 13.1. The molecule has 1 aliphatic heterocycles. The predicted octanol–water partition coefficient (Wildman–Crippen LogP) is 3.50. The van der Waals surface area contributed by atoms with Crippen molar-refractivity contribution < 1.29 is 9.13 Å². The first-order valence-electron chi connectivity index (χ1n) is 9.69. The standard InChI is InChI=1S/C20H33FN4O.HI/c1-4-11-25-12-9-17(10-13-25)15-24-20(22-3)23-14-16(2)26-19-7-5-18(21)6-8-19;/h5-8,16-17H,4,9-15H2,1-3H3,(H2,22,23,24);1H. The van der Waals surface area contributed by atoms with Gasteiger partial charge in [-0.3, -0.25) is 4.99 Å². The molecular formula is C20H34FIN4O. The second-order valence-corrected chi connectivity index (χ2v) is 7.00. The van der Waals surface area contributed by atoms with Gasteiger partial charge in [-0.15, -0.1) is 24.0 Å². The lowest BCUT2D eigenvalue weighted by Gasteiger charge is -2.32. The summed E-state index contributed by atoms with van der Waals surface area (Å²) in [4.78, 5) is 6.84. The van der Waals surface area contributed by atoms with Crippen molar-refractivity contribution >= 4 is 29.9 Å². The van der Waals surface area contributed by atoms with Gasteiger partial charge in [0.05, 0.1) is 6.54 Å². The Morgan fingerprint density at radius 2 is 1.93 bits per heavy atom. The summed E-state index contributed by atoms with van der Waals surface area (Å²) < 4.78 is 18.7. The third kappa shape index (κ3) is 9.10. The molecule has 0 amide bonds. The zero-order valence-electron chi connectivity index (χ0n) is 16.7. The van der Waals surface area contributed by atoms with Gasteiger partial charge in [-0.1, -0.05) is 6.92 Å². The zero-order chi connectivity index (χ0) is 18.8. The average Bonchev–Trinajstić information content (AvgIpc) is 2.65. The number of guanidine groups is 1. The summed E-state index contributed by atoms with van der Waals surface area (Å²) in [5.41, 5.74) is 0. The normalized spacial score (nSPS) is 17.1. The summed E-state index contributed by atoms with van der Waals surface area (Å²) in [6, 6.07) is 6.09. The van der Waals surface area contributed by atoms with E-state index in [-0.39, 0.29) is 35.9 Å². The van der Waals surface area contributed by atoms with Crippen molar-refractivity contribution in [3.05, 3.63) is 30.1 Å². The fourth-order valence-corrected chi connectivity index (χ4v) is 3.22. The van der Waals surface area contributed by atoms with Crippen LogP contribution in [-0.2, 0) is 0 Å². The van der Waals surface area contributed by atoms with Gasteiger partial charge in [0.15, 0.2) is 5.96 Å². The minimum atomic E-state index is -0.256. The number of halogens is 2. The van der Waals surface area contributed by atoms with Crippen LogP contribution in [0.15, 0.2) is 29.3 Å². The van der Waals surface area contributed by atoms with Crippen LogP contribution in [0.3, 0.4) is 0 Å². The quantitative estimate of drug-likeness (QED) is 0.332. The van der Waals surface area contributed by atoms with Crippen molar-refractivity contribution in [2.45, 2.75) is 39.2 Å². The lowest BCUT2D eigenvalue weighted by Crippen LogP contribution is -2.45. The first kappa shape index (κ1) is 23.9. The van der Waals surface area contributed by atoms with Gasteiger partial charge >= 0.3 is 0 Å². The molecule has 2 N–H and O–H groups in total. The summed E-state index contributed by atoms with van der Waals surface area (Å²) in [6.45, 7) is 9.43. The van der Waals surface area contributed by atoms with Crippen LogP contribution in [0.2, 0.25) is 0 Å². The number of likely N-dealkylation sites (tertiary alicyclic amines) is 1. The van der Waals surface area contributed by atoms with Crippen molar-refractivity contribution in [2.75, 3.05) is 39.8 Å². The number of hydrogen-bond donors (Lipinski definition) is 2. The molecule has 0 aliphatic carbocycles. The highest BCUT2D eigenvalue weighted by atomic mass is 127. The SMILES string of the molecule is CCCN1CCC(CNC(=NC)NCC(C)Oc2ccc(F)cc2)CC1.I. The average molecular weight is 492 g/mol. The highest BCUT2D eigenvalue weighted by Crippen LogP contribution is 2.16. The minimum absolute atomic E-state index is 0. The van der Waals surface area contributed by atoms with Crippen molar-refractivity contribution in [3.63, 3.8) is 0 Å². The van der Waals surface area contributed by atoms with E-state index in [0.29, 0.717) is 18.2 Å². The molecule has 7 heteroatoms. The first-order chi connectivity index (χ1) is 12.6. The van der Waals surface area contributed by atoms with Gasteiger partial charge in [0.1, 0.15) is 17.7 Å². The number of aliphatic imine (C=N–C) groups is 1. The molecule has 0 saturated carbocycles. The lowest BCUT2D eigenvalue weighted by atomic mass is 9.97. The van der Waals surface area contributed by atoms with Crippen LogP contribution >= 0.6 is 24.0 Å². The Morgan fingerprint density at radius 1 is 1.26 bits per heavy atom. The van der Waals surface area contributed by atoms with Gasteiger partial charge in [0.2, 0.25) is 0 Å². The monoisotopic (exact) mass is 492 g/mol. The molecule has 1 saturated heterocycles. The van der Waals surface area contributed by atoms with Gasteiger partial charge in [-0.05, 0) is 76.0 Å². The van der Waals surface area contributed by atoms with Gasteiger partial charge in [0.25, 0.3) is 0 Å². The van der Waals surface area contributed by atoms with Gasteiger partial charge in [-0.25, -0.2) is 4.39 Å². The summed E-state index contributed by atoms with van der Waals surface area (Å²) >= 11 is 0. The number of hydrogen-bond acceptors (Lipinski definition) is 3. The summed E-state index contributed by atoms with van der Waals surface area (Å²) in [5, 5.41) is 6.73. The molecule has 2 rings (SSSR count). The van der Waals surface area contributed by atoms with E-state index in [2.05, 4.69) is 27.4 Å². The molecule has 0 radical (unpaired) electrons. The number of nitrogens with one attached hydrogen (secondary N) is 2. The van der Waals surface area contributed by atoms with E-state index < -0.39 is 0 Å². The predicted molar refractivity (Wildman–Crippen MR) is 121 cm³/mol. The molecule has 5 nitrogen and oxygen atoms in total. The van der Waals surface area contributed by atoms with Crippen molar-refractivity contribution in [3.8, 4) is 5.75 Å². The molecule has 1 aromatic rings. The smallest absolute Gasteiger partial charge is 0.191 e. The van der Waals surface area contributed by atoms with E-state index in [1.807, 2.05) is 6.92 Å². The number of nitrogens with zero attached hydrogens (tertiary/aromatic N) is 2. The lowest BCUT2D eigenvalue weighted by molar-refractivity contribution is 0.185. The highest BCUT2D eigenvalue weighted by Gasteiger charge is 2.18. The van der Waals surface area contributed by atoms with E-state index in [0.717, 1.165) is 12.5 Å². The molecule has 1 unspecified atom stereocenters. The minimum Gasteiger partial charge on any atom is -0.489 e. The number of ether oxygens (including phenoxy) is 1. The van der Waals surface area contributed by atoms with E-state index in [1.54, 1.807) is 19.2 Å². The Kier molecular flexibility index (Phi) is 11.7. The molecule has 1 heterocycles. The molecule has 1 aliphatic rings. The van der Waals surface area contributed by atoms with Crippen LogP contribution < -0.4 is 15.4 Å². The van der Waals surface area contributed by atoms with Crippen molar-refractivity contribution in [2.24, 2.45) is 10.9 Å². The van der Waals surface area contributed by atoms with Gasteiger partial charge in [0, 0.05) is 13.6 Å². The Bertz CT molecular complexity index is 547. The summed E-state index contributed by atoms with van der Waals surface area (Å²) in [5.74, 6) is 1.92. The molecule has 0 aromatic heterocycles. The van der Waals surface area contributed by atoms with Gasteiger partial charge in [-0.2, -0.15) is 0 Å². The fourth-order valence-electron chi connectivity index (χ4n) is 3.22. The van der Waals surface area contributed by atoms with Gasteiger partial charge < -0.3 is 20.3 Å². The van der Waals surface area contributed by atoms with E-state index in [1.165, 1.54) is 51.0 Å². The number of rotatable bonds is 8. The topological polar surface area (TPSA) is 48.9 Å². The summed E-state index contributed by atoms with van der Waals surface area (Å²) in [7, 11) is 1.78. The maximum absolute atomic E-state index is 12.9. The maximum atomic E-state index is 12.9. The highest BCUT2D eigenvalue weighted by molar-refractivity contribution is 14.0. The molecule has 27 heavy (non-hydrogen) atoms. The maximum Gasteiger partial charge on any atom is 0.191 e. The van der Waals surface area contributed by atoms with Crippen LogP contribution in [0.5, 0.6) is 5.75 Å². The Morgan fingerprint density at radius 3 is 2.52 bits per heavy atom. The molecule has 0 spiro atoms. The zero-order valence-corrected chi connectivity index (χ0v) is 19.0. The molecule has 1 atom stereocenters. The van der Waals surface area contributed by atoms with Crippen molar-refractivity contribution in [1.29, 1.82) is 0 Å². The van der Waals surface area contributed by atoms with Crippen LogP contribution in [-0.4, -0.2) is 56.7 Å². The van der Waals surface area contributed by atoms with E-state index >= 15 is 0 Å². The molecule has 0 bridgehead atoms. The van der Waals surface area contributed by atoms with Crippen LogP contribution in [0.1, 0.15) is 33.1 Å². The Hall–Kier alpha value is -1.09. The molecular weight excluding hydrogens is 458 g/mol. The third-order valence-electron chi connectivity index (χ3n) is 4.74. The van der Waals surface area contributed by atoms with Crippen LogP contribution in [0, 0.1) is 11.7 Å². The first-order valence-corrected chi connectivity index (χ1v) is 9.69. The Balaban J connectivity index is 0.00000364. The van der Waals surface area contributed by atoms with Crippen molar-refractivity contribution in [1.82, 2.24) is 15.5 Å². The second-order valence-electron chi connectivity index (χ2n) is 7.00.